The minimum atomic E-state index is -0.863. The molecule has 2 aliphatic heterocycles. The molecule has 4 aromatic rings. The van der Waals surface area contributed by atoms with Crippen molar-refractivity contribution in [3.05, 3.63) is 103 Å². The van der Waals surface area contributed by atoms with Gasteiger partial charge in [-0.15, -0.1) is 0 Å². The van der Waals surface area contributed by atoms with Crippen LogP contribution in [0.5, 0.6) is 11.5 Å². The SMILES string of the molecule is COc1cc([C@@H]2c3sc(=O)[nH]c3S[C@H]3C(=O)N(c4ccc([N+](=O)[O-])cc4)C(=O)[C@@H]23)ccc1OCC(=O)Nc1ccccc1C. The van der Waals surface area contributed by atoms with Crippen LogP contribution in [0.2, 0.25) is 0 Å². The van der Waals surface area contributed by atoms with Crippen LogP contribution in [0.15, 0.2) is 76.6 Å². The van der Waals surface area contributed by atoms with Crippen LogP contribution in [0.3, 0.4) is 0 Å². The van der Waals surface area contributed by atoms with E-state index in [4.69, 9.17) is 9.47 Å². The van der Waals surface area contributed by atoms with Crippen LogP contribution in [0.4, 0.5) is 17.1 Å². The maximum absolute atomic E-state index is 13.9. The lowest BCUT2D eigenvalue weighted by Gasteiger charge is -2.30. The van der Waals surface area contributed by atoms with Gasteiger partial charge >= 0.3 is 4.87 Å². The molecule has 0 bridgehead atoms. The number of thioether (sulfide) groups is 1. The molecule has 1 saturated heterocycles. The standard InChI is InChI=1S/C30H24N4O8S2/c1-15-5-3-4-6-19(15)31-22(35)14-42-20-12-7-16(13-21(20)41-2)23-24-26(43-27-25(23)44-30(38)32-27)29(37)33(28(24)36)17-8-10-18(11-9-17)34(39)40/h3-13,23-24,26H,14H2,1-2H3,(H,31,35)(H,32,38)/t23-,24-,26+/m0/s1. The third-order valence-corrected chi connectivity index (χ3v) is 9.87. The molecule has 2 N–H and O–H groups in total. The summed E-state index contributed by atoms with van der Waals surface area (Å²) in [5.41, 5.74) is 2.25. The number of anilines is 2. The lowest BCUT2D eigenvalue weighted by molar-refractivity contribution is -0.384. The molecule has 224 valence electrons. The number of benzene rings is 3. The molecule has 3 heterocycles. The molecule has 44 heavy (non-hydrogen) atoms. The number of nitrogens with one attached hydrogen (secondary N) is 2. The number of carbonyl (C=O) groups is 3. The van der Waals surface area contributed by atoms with E-state index in [1.807, 2.05) is 25.1 Å². The molecular weight excluding hydrogens is 608 g/mol. The van der Waals surface area contributed by atoms with Crippen molar-refractivity contribution in [3.63, 3.8) is 0 Å². The highest BCUT2D eigenvalue weighted by Crippen LogP contribution is 2.53. The Balaban J connectivity index is 1.30. The van der Waals surface area contributed by atoms with Crippen molar-refractivity contribution < 1.29 is 28.8 Å². The number of methoxy groups -OCH3 is 1. The van der Waals surface area contributed by atoms with Gasteiger partial charge in [0.2, 0.25) is 11.8 Å². The molecule has 14 heteroatoms. The maximum atomic E-state index is 13.9. The zero-order valence-corrected chi connectivity index (χ0v) is 24.9. The lowest BCUT2D eigenvalue weighted by atomic mass is 9.83. The Labute approximate surface area is 258 Å². The molecule has 0 aliphatic carbocycles. The summed E-state index contributed by atoms with van der Waals surface area (Å²) >= 11 is 2.09. The molecular formula is C30H24N4O8S2. The van der Waals surface area contributed by atoms with E-state index in [-0.39, 0.29) is 28.8 Å². The predicted octanol–water partition coefficient (Wildman–Crippen LogP) is 4.47. The summed E-state index contributed by atoms with van der Waals surface area (Å²) in [5, 5.41) is 13.6. The number of nitro benzene ring substituents is 1. The van der Waals surface area contributed by atoms with Crippen molar-refractivity contribution in [2.24, 2.45) is 5.92 Å². The molecule has 3 aromatic carbocycles. The number of carbonyl (C=O) groups excluding carboxylic acids is 3. The highest BCUT2D eigenvalue weighted by Gasteiger charge is 2.56. The van der Waals surface area contributed by atoms with E-state index in [0.29, 0.717) is 32.7 Å². The third kappa shape index (κ3) is 5.22. The monoisotopic (exact) mass is 632 g/mol. The Morgan fingerprint density at radius 2 is 1.80 bits per heavy atom. The second-order valence-corrected chi connectivity index (χ2v) is 12.3. The summed E-state index contributed by atoms with van der Waals surface area (Å²) in [6.07, 6.45) is 0. The van der Waals surface area contributed by atoms with Gasteiger partial charge in [0, 0.05) is 28.6 Å². The number of nitro groups is 1. The summed E-state index contributed by atoms with van der Waals surface area (Å²) < 4.78 is 11.3. The van der Waals surface area contributed by atoms with Crippen LogP contribution in [-0.2, 0) is 14.4 Å². The van der Waals surface area contributed by atoms with Gasteiger partial charge in [-0.3, -0.25) is 29.3 Å². The highest BCUT2D eigenvalue weighted by molar-refractivity contribution is 8.00. The minimum Gasteiger partial charge on any atom is -0.493 e. The Morgan fingerprint density at radius 3 is 2.50 bits per heavy atom. The Hall–Kier alpha value is -4.95. The average molecular weight is 633 g/mol. The van der Waals surface area contributed by atoms with Crippen molar-refractivity contribution in [1.29, 1.82) is 0 Å². The van der Waals surface area contributed by atoms with Gasteiger partial charge in [-0.05, 0) is 48.4 Å². The topological polar surface area (TPSA) is 161 Å². The summed E-state index contributed by atoms with van der Waals surface area (Å²) in [6.45, 7) is 1.60. The van der Waals surface area contributed by atoms with E-state index in [2.05, 4.69) is 10.3 Å². The zero-order chi connectivity index (χ0) is 31.1. The average Bonchev–Trinajstić information content (AvgIpc) is 3.51. The molecule has 6 rings (SSSR count). The van der Waals surface area contributed by atoms with Crippen LogP contribution in [0.1, 0.15) is 21.9 Å². The third-order valence-electron chi connectivity index (χ3n) is 7.47. The fourth-order valence-corrected chi connectivity index (χ4v) is 7.91. The van der Waals surface area contributed by atoms with Gasteiger partial charge < -0.3 is 19.8 Å². The number of ether oxygens (including phenoxy) is 2. The molecule has 2 aliphatic rings. The number of hydrogen-bond acceptors (Lipinski definition) is 10. The number of nitrogens with zero attached hydrogens (tertiary/aromatic N) is 2. The molecule has 0 spiro atoms. The number of aryl methyl sites for hydroxylation is 1. The Kier molecular flexibility index (Phi) is 7.69. The van der Waals surface area contributed by atoms with Gasteiger partial charge in [-0.2, -0.15) is 0 Å². The van der Waals surface area contributed by atoms with Gasteiger partial charge in [0.05, 0.1) is 28.7 Å². The van der Waals surface area contributed by atoms with Crippen molar-refractivity contribution in [1.82, 2.24) is 4.98 Å². The molecule has 0 radical (unpaired) electrons. The van der Waals surface area contributed by atoms with Crippen molar-refractivity contribution in [3.8, 4) is 11.5 Å². The quantitative estimate of drug-likeness (QED) is 0.162. The van der Waals surface area contributed by atoms with E-state index < -0.39 is 33.8 Å². The number of imide groups is 1. The number of thiazole rings is 1. The number of aromatic amines is 1. The van der Waals surface area contributed by atoms with Gasteiger partial charge in [0.25, 0.3) is 11.6 Å². The zero-order valence-electron chi connectivity index (χ0n) is 23.3. The van der Waals surface area contributed by atoms with E-state index in [0.717, 1.165) is 33.6 Å². The lowest BCUT2D eigenvalue weighted by Crippen LogP contribution is -2.32. The molecule has 1 fully saturated rings. The second kappa shape index (κ2) is 11.6. The van der Waals surface area contributed by atoms with Crippen LogP contribution in [-0.4, -0.2) is 46.6 Å². The normalized spacial score (nSPS) is 18.9. The molecule has 3 atom stereocenters. The minimum absolute atomic E-state index is 0.167. The first kappa shape index (κ1) is 29.1. The van der Waals surface area contributed by atoms with E-state index in [1.54, 1.807) is 24.3 Å². The fourth-order valence-electron chi connectivity index (χ4n) is 5.39. The molecule has 3 amide bonds. The Bertz CT molecular complexity index is 1870. The van der Waals surface area contributed by atoms with Gasteiger partial charge in [-0.25, -0.2) is 4.90 Å². The van der Waals surface area contributed by atoms with Crippen molar-refractivity contribution >= 4 is 57.9 Å². The first-order valence-electron chi connectivity index (χ1n) is 13.3. The number of rotatable bonds is 8. The molecule has 1 aromatic heterocycles. The first-order valence-corrected chi connectivity index (χ1v) is 15.0. The van der Waals surface area contributed by atoms with E-state index in [1.165, 1.54) is 31.4 Å². The van der Waals surface area contributed by atoms with Gasteiger partial charge in [-0.1, -0.05) is 47.4 Å². The van der Waals surface area contributed by atoms with E-state index >= 15 is 0 Å². The van der Waals surface area contributed by atoms with Crippen molar-refractivity contribution in [2.45, 2.75) is 23.1 Å². The summed E-state index contributed by atoms with van der Waals surface area (Å²) in [4.78, 5) is 67.2. The van der Waals surface area contributed by atoms with Gasteiger partial charge in [0.15, 0.2) is 18.1 Å². The van der Waals surface area contributed by atoms with Crippen LogP contribution in [0, 0.1) is 23.0 Å². The Morgan fingerprint density at radius 1 is 1.05 bits per heavy atom. The number of amides is 3. The number of aromatic nitrogens is 1. The number of H-pyrrole nitrogens is 1. The number of para-hydroxylation sites is 1. The van der Waals surface area contributed by atoms with Crippen molar-refractivity contribution in [2.75, 3.05) is 23.9 Å². The maximum Gasteiger partial charge on any atom is 0.305 e. The molecule has 0 unspecified atom stereocenters. The number of fused-ring (bicyclic) bond motifs is 2. The summed E-state index contributed by atoms with van der Waals surface area (Å²) in [5.74, 6) is -2.26. The molecule has 12 nitrogen and oxygen atoms in total. The first-order chi connectivity index (χ1) is 21.2. The van der Waals surface area contributed by atoms with Crippen LogP contribution < -0.4 is 24.6 Å². The predicted molar refractivity (Wildman–Crippen MR) is 164 cm³/mol. The number of non-ortho nitro benzene ring substituents is 1. The highest BCUT2D eigenvalue weighted by atomic mass is 32.2. The van der Waals surface area contributed by atoms with Crippen LogP contribution >= 0.6 is 23.1 Å². The largest absolute Gasteiger partial charge is 0.493 e. The summed E-state index contributed by atoms with van der Waals surface area (Å²) in [7, 11) is 1.44. The van der Waals surface area contributed by atoms with E-state index in [9.17, 15) is 29.3 Å². The summed E-state index contributed by atoms with van der Waals surface area (Å²) in [6, 6.07) is 17.6. The molecule has 0 saturated carbocycles. The fraction of sp³-hybridized carbons (Fsp3) is 0.200. The smallest absolute Gasteiger partial charge is 0.305 e. The second-order valence-electron chi connectivity index (χ2n) is 10.1. The number of hydrogen-bond donors (Lipinski definition) is 2. The van der Waals surface area contributed by atoms with Crippen LogP contribution in [0.25, 0.3) is 0 Å². The van der Waals surface area contributed by atoms with Gasteiger partial charge in [0.1, 0.15) is 5.25 Å².